The van der Waals surface area contributed by atoms with Gasteiger partial charge in [-0.1, -0.05) is 18.2 Å². The number of piperidine rings is 1. The maximum atomic E-state index is 12.6. The number of nitrogens with one attached hydrogen (secondary N) is 1. The molecule has 122 valence electrons. The average Bonchev–Trinajstić information content (AvgIpc) is 2.59. The Bertz CT molecular complexity index is 458. The highest BCUT2D eigenvalue weighted by molar-refractivity contribution is 5.85. The minimum atomic E-state index is -0.652. The molecule has 0 radical (unpaired) electrons. The van der Waals surface area contributed by atoms with Crippen LogP contribution in [-0.4, -0.2) is 56.8 Å². The van der Waals surface area contributed by atoms with Crippen molar-refractivity contribution in [1.82, 2.24) is 10.2 Å². The lowest BCUT2D eigenvalue weighted by atomic mass is 9.90. The fourth-order valence-corrected chi connectivity index (χ4v) is 2.79. The van der Waals surface area contributed by atoms with Crippen molar-refractivity contribution in [2.24, 2.45) is 0 Å². The van der Waals surface area contributed by atoms with Gasteiger partial charge >= 0.3 is 0 Å². The normalized spacial score (nSPS) is 17.0. The summed E-state index contributed by atoms with van der Waals surface area (Å²) in [6.45, 7) is 2.92. The first kappa shape index (κ1) is 16.8. The molecule has 5 nitrogen and oxygen atoms in total. The number of ether oxygens (including phenoxy) is 2. The van der Waals surface area contributed by atoms with Gasteiger partial charge in [0.25, 0.3) is 5.91 Å². The highest BCUT2D eigenvalue weighted by Crippen LogP contribution is 2.24. The van der Waals surface area contributed by atoms with Gasteiger partial charge in [-0.25, -0.2) is 0 Å². The first-order valence-corrected chi connectivity index (χ1v) is 7.87. The van der Waals surface area contributed by atoms with Gasteiger partial charge < -0.3 is 19.7 Å². The Balaban J connectivity index is 1.76. The van der Waals surface area contributed by atoms with Crippen molar-refractivity contribution in [3.8, 4) is 5.75 Å². The van der Waals surface area contributed by atoms with Crippen molar-refractivity contribution in [2.75, 3.05) is 40.4 Å². The zero-order valence-electron chi connectivity index (χ0n) is 13.5. The van der Waals surface area contributed by atoms with Gasteiger partial charge in [0.2, 0.25) is 0 Å². The maximum absolute atomic E-state index is 12.6. The van der Waals surface area contributed by atoms with E-state index in [9.17, 15) is 4.79 Å². The number of hydrogen-bond acceptors (Lipinski definition) is 4. The smallest absolute Gasteiger partial charge is 0.254 e. The van der Waals surface area contributed by atoms with Gasteiger partial charge in [-0.3, -0.25) is 4.79 Å². The Morgan fingerprint density at radius 1 is 1.27 bits per heavy atom. The van der Waals surface area contributed by atoms with Gasteiger partial charge in [-0.15, -0.1) is 0 Å². The molecule has 0 aliphatic carbocycles. The van der Waals surface area contributed by atoms with Crippen LogP contribution in [0.25, 0.3) is 0 Å². The van der Waals surface area contributed by atoms with E-state index in [0.29, 0.717) is 13.2 Å². The average molecular weight is 306 g/mol. The van der Waals surface area contributed by atoms with Gasteiger partial charge in [0, 0.05) is 20.7 Å². The quantitative estimate of drug-likeness (QED) is 0.779. The minimum absolute atomic E-state index is 0.0798. The summed E-state index contributed by atoms with van der Waals surface area (Å²) >= 11 is 0. The topological polar surface area (TPSA) is 50.8 Å². The van der Waals surface area contributed by atoms with Gasteiger partial charge in [0.15, 0.2) is 0 Å². The Morgan fingerprint density at radius 3 is 2.59 bits per heavy atom. The second-order valence-electron chi connectivity index (χ2n) is 5.69. The Labute approximate surface area is 132 Å². The first-order valence-electron chi connectivity index (χ1n) is 7.87. The number of benzene rings is 1. The number of hydrogen-bond donors (Lipinski definition) is 1. The molecular weight excluding hydrogens is 280 g/mol. The number of methoxy groups -OCH3 is 1. The lowest BCUT2D eigenvalue weighted by molar-refractivity contribution is -0.157. The van der Waals surface area contributed by atoms with E-state index < -0.39 is 5.60 Å². The SMILES string of the molecule is COC1(C(=O)N(C)CCCOc2ccccc2)CCNCC1. The van der Waals surface area contributed by atoms with E-state index in [1.165, 1.54) is 0 Å². The molecule has 1 saturated heterocycles. The molecule has 1 aromatic rings. The van der Waals surface area contributed by atoms with E-state index in [2.05, 4.69) is 5.32 Å². The van der Waals surface area contributed by atoms with Crippen LogP contribution in [0, 0.1) is 0 Å². The molecule has 1 amide bonds. The van der Waals surface area contributed by atoms with Crippen molar-refractivity contribution in [2.45, 2.75) is 24.9 Å². The van der Waals surface area contributed by atoms with Crippen LogP contribution in [0.5, 0.6) is 5.75 Å². The molecule has 22 heavy (non-hydrogen) atoms. The fraction of sp³-hybridized carbons (Fsp3) is 0.588. The summed E-state index contributed by atoms with van der Waals surface area (Å²) in [6, 6.07) is 9.73. The summed E-state index contributed by atoms with van der Waals surface area (Å²) in [7, 11) is 3.48. The predicted molar refractivity (Wildman–Crippen MR) is 86.0 cm³/mol. The van der Waals surface area contributed by atoms with E-state index >= 15 is 0 Å². The molecule has 0 saturated carbocycles. The Kier molecular flexibility index (Phi) is 6.21. The summed E-state index contributed by atoms with van der Waals surface area (Å²) in [6.07, 6.45) is 2.26. The number of likely N-dealkylation sites (N-methyl/N-ethyl adjacent to an activating group) is 1. The Morgan fingerprint density at radius 2 is 1.95 bits per heavy atom. The third-order valence-electron chi connectivity index (χ3n) is 4.19. The van der Waals surface area contributed by atoms with E-state index in [1.54, 1.807) is 12.0 Å². The molecule has 2 rings (SSSR count). The molecule has 0 spiro atoms. The summed E-state index contributed by atoms with van der Waals surface area (Å²) in [5, 5.41) is 3.27. The number of nitrogens with zero attached hydrogens (tertiary/aromatic N) is 1. The molecule has 0 bridgehead atoms. The molecule has 1 heterocycles. The van der Waals surface area contributed by atoms with Crippen LogP contribution < -0.4 is 10.1 Å². The van der Waals surface area contributed by atoms with Gasteiger partial charge in [-0.2, -0.15) is 0 Å². The highest BCUT2D eigenvalue weighted by atomic mass is 16.5. The molecule has 5 heteroatoms. The van der Waals surface area contributed by atoms with Crippen LogP contribution in [0.3, 0.4) is 0 Å². The zero-order chi connectivity index (χ0) is 15.8. The molecule has 1 aliphatic rings. The number of rotatable bonds is 7. The highest BCUT2D eigenvalue weighted by Gasteiger charge is 2.41. The molecular formula is C17H26N2O3. The number of para-hydroxylation sites is 1. The summed E-state index contributed by atoms with van der Waals surface area (Å²) < 4.78 is 11.2. The minimum Gasteiger partial charge on any atom is -0.494 e. The van der Waals surface area contributed by atoms with Crippen LogP contribution in [-0.2, 0) is 9.53 Å². The second-order valence-corrected chi connectivity index (χ2v) is 5.69. The third-order valence-corrected chi connectivity index (χ3v) is 4.19. The Hall–Kier alpha value is -1.59. The number of carbonyl (C=O) groups excluding carboxylic acids is 1. The molecule has 1 N–H and O–H groups in total. The van der Waals surface area contributed by atoms with Crippen LogP contribution >= 0.6 is 0 Å². The van der Waals surface area contributed by atoms with Crippen molar-refractivity contribution in [1.29, 1.82) is 0 Å². The number of amides is 1. The summed E-state index contributed by atoms with van der Waals surface area (Å²) in [5.74, 6) is 0.944. The third kappa shape index (κ3) is 4.21. The van der Waals surface area contributed by atoms with E-state index in [4.69, 9.17) is 9.47 Å². The largest absolute Gasteiger partial charge is 0.494 e. The molecule has 0 atom stereocenters. The van der Waals surface area contributed by atoms with Crippen molar-refractivity contribution < 1.29 is 14.3 Å². The van der Waals surface area contributed by atoms with Crippen molar-refractivity contribution in [3.63, 3.8) is 0 Å². The van der Waals surface area contributed by atoms with Crippen LogP contribution in [0.4, 0.5) is 0 Å². The molecule has 1 aromatic carbocycles. The number of carbonyl (C=O) groups is 1. The van der Waals surface area contributed by atoms with Gasteiger partial charge in [-0.05, 0) is 44.5 Å². The standard InChI is InChI=1S/C17H26N2O3/c1-19(13-6-14-22-15-7-4-3-5-8-15)16(20)17(21-2)9-11-18-12-10-17/h3-5,7-8,18H,6,9-14H2,1-2H3. The monoisotopic (exact) mass is 306 g/mol. The van der Waals surface area contributed by atoms with Gasteiger partial charge in [0.1, 0.15) is 11.4 Å². The predicted octanol–water partition coefficient (Wildman–Crippen LogP) is 1.68. The van der Waals surface area contributed by atoms with Crippen molar-refractivity contribution >= 4 is 5.91 Å². The van der Waals surface area contributed by atoms with E-state index in [-0.39, 0.29) is 5.91 Å². The van der Waals surface area contributed by atoms with Crippen molar-refractivity contribution in [3.05, 3.63) is 30.3 Å². The zero-order valence-corrected chi connectivity index (χ0v) is 13.5. The molecule has 0 unspecified atom stereocenters. The molecule has 0 aromatic heterocycles. The van der Waals surface area contributed by atoms with Gasteiger partial charge in [0.05, 0.1) is 6.61 Å². The lowest BCUT2D eigenvalue weighted by Gasteiger charge is -2.37. The molecule has 1 fully saturated rings. The lowest BCUT2D eigenvalue weighted by Crippen LogP contribution is -2.54. The fourth-order valence-electron chi connectivity index (χ4n) is 2.79. The van der Waals surface area contributed by atoms with Crippen LogP contribution in [0.1, 0.15) is 19.3 Å². The van der Waals surface area contributed by atoms with Crippen LogP contribution in [0.15, 0.2) is 30.3 Å². The molecule has 1 aliphatic heterocycles. The first-order chi connectivity index (χ1) is 10.7. The van der Waals surface area contributed by atoms with Crippen LogP contribution in [0.2, 0.25) is 0 Å². The van der Waals surface area contributed by atoms with E-state index in [1.807, 2.05) is 37.4 Å². The maximum Gasteiger partial charge on any atom is 0.254 e. The van der Waals surface area contributed by atoms with E-state index in [0.717, 1.165) is 38.1 Å². The summed E-state index contributed by atoms with van der Waals surface area (Å²) in [5.41, 5.74) is -0.652. The summed E-state index contributed by atoms with van der Waals surface area (Å²) in [4.78, 5) is 14.4. The second kappa shape index (κ2) is 8.15.